The van der Waals surface area contributed by atoms with Gasteiger partial charge >= 0.3 is 0 Å². The number of hydrogen-bond donors (Lipinski definition) is 0. The largest absolute Gasteiger partial charge is 0.412 e. The van der Waals surface area contributed by atoms with Gasteiger partial charge in [-0.3, -0.25) is 4.98 Å². The van der Waals surface area contributed by atoms with E-state index < -0.39 is 0 Å². The standard InChI is InChI=1S/C6H7N.ClH.H2O/c1-6-4-2-3-5-7-6;;/h2-5H,1H3;1H;1H2. The summed E-state index contributed by atoms with van der Waals surface area (Å²) in [6.07, 6.45) is 1.79. The molecular weight excluding hydrogens is 138 g/mol. The van der Waals surface area contributed by atoms with Gasteiger partial charge in [-0.2, -0.15) is 0 Å². The highest BCUT2D eigenvalue weighted by atomic mass is 35.5. The second-order valence-corrected chi connectivity index (χ2v) is 1.47. The molecule has 0 bridgehead atoms. The van der Waals surface area contributed by atoms with Gasteiger partial charge in [-0.1, -0.05) is 6.07 Å². The Kier molecular flexibility index (Phi) is 6.91. The minimum Gasteiger partial charge on any atom is -0.412 e. The maximum atomic E-state index is 3.98. The second kappa shape index (κ2) is 5.54. The van der Waals surface area contributed by atoms with Crippen molar-refractivity contribution in [3.05, 3.63) is 30.1 Å². The minimum atomic E-state index is 0. The van der Waals surface area contributed by atoms with Gasteiger partial charge in [0.2, 0.25) is 0 Å². The molecule has 9 heavy (non-hydrogen) atoms. The highest BCUT2D eigenvalue weighted by Gasteiger charge is 1.73. The van der Waals surface area contributed by atoms with Gasteiger partial charge < -0.3 is 5.48 Å². The van der Waals surface area contributed by atoms with Gasteiger partial charge in [-0.15, -0.1) is 12.4 Å². The van der Waals surface area contributed by atoms with E-state index in [1.165, 1.54) is 0 Å². The predicted molar refractivity (Wildman–Crippen MR) is 39.8 cm³/mol. The van der Waals surface area contributed by atoms with Crippen molar-refractivity contribution in [1.82, 2.24) is 4.98 Å². The summed E-state index contributed by atoms with van der Waals surface area (Å²) in [6.45, 7) is 1.97. The molecule has 0 aliphatic rings. The molecule has 0 fully saturated rings. The Hall–Kier alpha value is -0.600. The zero-order valence-electron chi connectivity index (χ0n) is 5.16. The van der Waals surface area contributed by atoms with E-state index in [1.807, 2.05) is 25.1 Å². The van der Waals surface area contributed by atoms with Crippen molar-refractivity contribution >= 4 is 12.4 Å². The van der Waals surface area contributed by atoms with Crippen LogP contribution in [0.5, 0.6) is 0 Å². The molecule has 0 aromatic carbocycles. The number of nitrogens with zero attached hydrogens (tertiary/aromatic N) is 1. The summed E-state index contributed by atoms with van der Waals surface area (Å²) in [7, 11) is 0. The topological polar surface area (TPSA) is 44.4 Å². The van der Waals surface area contributed by atoms with Crippen LogP contribution >= 0.6 is 12.4 Å². The summed E-state index contributed by atoms with van der Waals surface area (Å²) in [4.78, 5) is 3.98. The Morgan fingerprint density at radius 3 is 2.22 bits per heavy atom. The van der Waals surface area contributed by atoms with Crippen molar-refractivity contribution in [2.45, 2.75) is 6.92 Å². The number of halogens is 1. The molecule has 0 amide bonds. The van der Waals surface area contributed by atoms with E-state index in [4.69, 9.17) is 0 Å². The third kappa shape index (κ3) is 3.94. The van der Waals surface area contributed by atoms with Gasteiger partial charge in [-0.05, 0) is 19.1 Å². The van der Waals surface area contributed by atoms with E-state index in [0.29, 0.717) is 0 Å². The monoisotopic (exact) mass is 147 g/mol. The fraction of sp³-hybridized carbons (Fsp3) is 0.167. The Labute approximate surface area is 60.6 Å². The fourth-order valence-corrected chi connectivity index (χ4v) is 0.448. The molecule has 52 valence electrons. The fourth-order valence-electron chi connectivity index (χ4n) is 0.448. The molecule has 0 saturated carbocycles. The van der Waals surface area contributed by atoms with Crippen molar-refractivity contribution in [3.63, 3.8) is 0 Å². The van der Waals surface area contributed by atoms with Crippen LogP contribution in [0.25, 0.3) is 0 Å². The average molecular weight is 148 g/mol. The van der Waals surface area contributed by atoms with E-state index in [1.54, 1.807) is 6.20 Å². The smallest absolute Gasteiger partial charge is 0.0372 e. The molecule has 0 unspecified atom stereocenters. The second-order valence-electron chi connectivity index (χ2n) is 1.47. The van der Waals surface area contributed by atoms with Gasteiger partial charge in [0.15, 0.2) is 0 Å². The van der Waals surface area contributed by atoms with Crippen LogP contribution in [0.3, 0.4) is 0 Å². The molecule has 1 aromatic heterocycles. The Balaban J connectivity index is 0. The summed E-state index contributed by atoms with van der Waals surface area (Å²) < 4.78 is 0. The van der Waals surface area contributed by atoms with Crippen LogP contribution in [0.2, 0.25) is 0 Å². The Morgan fingerprint density at radius 1 is 1.33 bits per heavy atom. The quantitative estimate of drug-likeness (QED) is 0.540. The molecule has 0 atom stereocenters. The van der Waals surface area contributed by atoms with Crippen LogP contribution in [0.1, 0.15) is 5.69 Å². The zero-order valence-corrected chi connectivity index (χ0v) is 5.98. The maximum Gasteiger partial charge on any atom is 0.0372 e. The first-order valence-corrected chi connectivity index (χ1v) is 2.27. The highest BCUT2D eigenvalue weighted by molar-refractivity contribution is 5.85. The summed E-state index contributed by atoms with van der Waals surface area (Å²) in [5.74, 6) is 0. The highest BCUT2D eigenvalue weighted by Crippen LogP contribution is 1.85. The van der Waals surface area contributed by atoms with E-state index in [-0.39, 0.29) is 17.9 Å². The zero-order chi connectivity index (χ0) is 5.11. The number of hydrogen-bond acceptors (Lipinski definition) is 1. The van der Waals surface area contributed by atoms with E-state index >= 15 is 0 Å². The Morgan fingerprint density at radius 2 is 2.00 bits per heavy atom. The molecule has 0 aliphatic carbocycles. The van der Waals surface area contributed by atoms with Crippen molar-refractivity contribution in [2.24, 2.45) is 0 Å². The van der Waals surface area contributed by atoms with Gasteiger partial charge in [0.1, 0.15) is 0 Å². The number of rotatable bonds is 0. The normalized spacial score (nSPS) is 6.78. The lowest BCUT2D eigenvalue weighted by molar-refractivity contribution is 0.824. The van der Waals surface area contributed by atoms with Crippen LogP contribution in [0.4, 0.5) is 0 Å². The van der Waals surface area contributed by atoms with Crippen LogP contribution in [0.15, 0.2) is 24.4 Å². The third-order valence-corrected chi connectivity index (χ3v) is 0.813. The molecule has 3 heteroatoms. The van der Waals surface area contributed by atoms with Crippen LogP contribution in [-0.2, 0) is 0 Å². The van der Waals surface area contributed by atoms with Crippen LogP contribution in [-0.4, -0.2) is 10.5 Å². The number of aromatic nitrogens is 1. The molecule has 1 heterocycles. The SMILES string of the molecule is Cc1ccccn1.Cl.O. The number of pyridine rings is 1. The predicted octanol–water partition coefficient (Wildman–Crippen LogP) is 0.987. The average Bonchev–Trinajstić information content (AvgIpc) is 1.69. The molecule has 2 N–H and O–H groups in total. The van der Waals surface area contributed by atoms with E-state index in [0.717, 1.165) is 5.69 Å². The molecular formula is C6H10ClNO. The molecule has 2 nitrogen and oxygen atoms in total. The minimum absolute atomic E-state index is 0. The first-order valence-electron chi connectivity index (χ1n) is 2.27. The summed E-state index contributed by atoms with van der Waals surface area (Å²) in [5.41, 5.74) is 1.07. The van der Waals surface area contributed by atoms with E-state index in [9.17, 15) is 0 Å². The molecule has 0 saturated heterocycles. The van der Waals surface area contributed by atoms with Gasteiger partial charge in [-0.25, -0.2) is 0 Å². The van der Waals surface area contributed by atoms with Gasteiger partial charge in [0, 0.05) is 11.9 Å². The molecule has 1 rings (SSSR count). The summed E-state index contributed by atoms with van der Waals surface area (Å²) in [6, 6.07) is 5.86. The van der Waals surface area contributed by atoms with Crippen LogP contribution < -0.4 is 0 Å². The molecule has 1 aromatic rings. The van der Waals surface area contributed by atoms with Crippen molar-refractivity contribution < 1.29 is 5.48 Å². The van der Waals surface area contributed by atoms with Crippen molar-refractivity contribution in [2.75, 3.05) is 0 Å². The van der Waals surface area contributed by atoms with Gasteiger partial charge in [0.25, 0.3) is 0 Å². The molecule has 0 spiro atoms. The lowest BCUT2D eigenvalue weighted by atomic mass is 10.4. The third-order valence-electron chi connectivity index (χ3n) is 0.813. The van der Waals surface area contributed by atoms with Crippen molar-refractivity contribution in [1.29, 1.82) is 0 Å². The lowest BCUT2D eigenvalue weighted by Gasteiger charge is -1.82. The summed E-state index contributed by atoms with van der Waals surface area (Å²) >= 11 is 0. The molecule has 0 aliphatic heterocycles. The Bertz CT molecular complexity index is 143. The summed E-state index contributed by atoms with van der Waals surface area (Å²) in [5, 5.41) is 0. The maximum absolute atomic E-state index is 3.98. The molecule has 0 radical (unpaired) electrons. The van der Waals surface area contributed by atoms with Crippen molar-refractivity contribution in [3.8, 4) is 0 Å². The first-order chi connectivity index (χ1) is 3.39. The first kappa shape index (κ1) is 11.2. The van der Waals surface area contributed by atoms with Gasteiger partial charge in [0.05, 0.1) is 0 Å². The van der Waals surface area contributed by atoms with Crippen LogP contribution in [0, 0.1) is 6.92 Å². The lowest BCUT2D eigenvalue weighted by Crippen LogP contribution is -1.72. The number of aryl methyl sites for hydroxylation is 1. The van der Waals surface area contributed by atoms with E-state index in [2.05, 4.69) is 4.98 Å².